The van der Waals surface area contributed by atoms with Crippen molar-refractivity contribution in [1.82, 2.24) is 0 Å². The third kappa shape index (κ3) is 2.84. The number of hydrogen-bond donors (Lipinski definition) is 1. The van der Waals surface area contributed by atoms with Crippen molar-refractivity contribution in [1.29, 1.82) is 0 Å². The van der Waals surface area contributed by atoms with Crippen LogP contribution < -0.4 is 14.7 Å². The summed E-state index contributed by atoms with van der Waals surface area (Å²) in [6.07, 6.45) is 0. The van der Waals surface area contributed by atoms with Gasteiger partial charge in [0.1, 0.15) is 10.4 Å². The van der Waals surface area contributed by atoms with Gasteiger partial charge in [-0.25, -0.2) is 4.99 Å². The minimum atomic E-state index is -0.144. The molecule has 1 N–H and O–H groups in total. The number of ether oxygens (including phenoxy) is 1. The molecular formula is C20H19ClN2OS2. The first-order valence-corrected chi connectivity index (χ1v) is 10.8. The highest BCUT2D eigenvalue weighted by atomic mass is 35.5. The molecule has 0 amide bonds. The van der Waals surface area contributed by atoms with Crippen LogP contribution >= 0.6 is 32.3 Å². The molecule has 4 rings (SSSR count). The second kappa shape index (κ2) is 6.41. The summed E-state index contributed by atoms with van der Waals surface area (Å²) in [5.41, 5.74) is 5.20. The lowest BCUT2D eigenvalue weighted by molar-refractivity contribution is 0.415. The third-order valence-corrected chi connectivity index (χ3v) is 7.67. The van der Waals surface area contributed by atoms with Crippen LogP contribution in [-0.2, 0) is 5.54 Å². The maximum Gasteiger partial charge on any atom is 0.135 e. The van der Waals surface area contributed by atoms with Gasteiger partial charge in [0, 0.05) is 21.8 Å². The van der Waals surface area contributed by atoms with Crippen molar-refractivity contribution < 1.29 is 4.74 Å². The van der Waals surface area contributed by atoms with Crippen molar-refractivity contribution in [2.45, 2.75) is 26.3 Å². The number of hydrogen-bond acceptors (Lipinski definition) is 5. The molecule has 2 aromatic carbocycles. The lowest BCUT2D eigenvalue weighted by Crippen LogP contribution is -2.31. The molecule has 0 unspecified atom stereocenters. The number of anilines is 1. The van der Waals surface area contributed by atoms with Crippen molar-refractivity contribution in [3.63, 3.8) is 0 Å². The summed E-state index contributed by atoms with van der Waals surface area (Å²) >= 11 is 6.28. The van der Waals surface area contributed by atoms with Gasteiger partial charge in [0.25, 0.3) is 0 Å². The van der Waals surface area contributed by atoms with Crippen molar-refractivity contribution in [3.8, 4) is 16.9 Å². The van der Waals surface area contributed by atoms with Crippen molar-refractivity contribution in [2.75, 3.05) is 12.4 Å². The predicted molar refractivity (Wildman–Crippen MR) is 112 cm³/mol. The predicted octanol–water partition coefficient (Wildman–Crippen LogP) is 6.34. The normalized spacial score (nSPS) is 15.2. The maximum absolute atomic E-state index is 6.28. The molecule has 0 fully saturated rings. The van der Waals surface area contributed by atoms with Gasteiger partial charge in [-0.2, -0.15) is 0 Å². The van der Waals surface area contributed by atoms with Crippen molar-refractivity contribution >= 4 is 43.7 Å². The fraction of sp³-hybridized carbons (Fsp3) is 0.250. The van der Waals surface area contributed by atoms with Crippen molar-refractivity contribution in [3.05, 3.63) is 56.5 Å². The van der Waals surface area contributed by atoms with Gasteiger partial charge in [-0.05, 0) is 56.7 Å². The average Bonchev–Trinajstić information content (AvgIpc) is 3.04. The zero-order chi connectivity index (χ0) is 18.5. The lowest BCUT2D eigenvalue weighted by Gasteiger charge is -2.33. The summed E-state index contributed by atoms with van der Waals surface area (Å²) in [5, 5.41) is 4.38. The molecule has 6 heteroatoms. The Hall–Kier alpha value is -1.82. The van der Waals surface area contributed by atoms with E-state index in [-0.39, 0.29) is 5.54 Å². The molecule has 26 heavy (non-hydrogen) atoms. The first-order chi connectivity index (χ1) is 12.4. The lowest BCUT2D eigenvalue weighted by atomic mass is 9.90. The molecule has 0 bridgehead atoms. The molecule has 0 saturated heterocycles. The molecule has 1 aromatic heterocycles. The quantitative estimate of drug-likeness (QED) is 0.507. The molecule has 0 saturated carbocycles. The van der Waals surface area contributed by atoms with E-state index in [1.54, 1.807) is 27.8 Å². The van der Waals surface area contributed by atoms with Crippen LogP contribution in [0.5, 0.6) is 5.75 Å². The second-order valence-corrected chi connectivity index (χ2v) is 9.37. The first kappa shape index (κ1) is 17.6. The van der Waals surface area contributed by atoms with E-state index in [0.29, 0.717) is 0 Å². The third-order valence-electron chi connectivity index (χ3n) is 4.62. The van der Waals surface area contributed by atoms with Crippen molar-refractivity contribution in [2.24, 2.45) is 4.99 Å². The summed E-state index contributed by atoms with van der Waals surface area (Å²) < 4.78 is 6.46. The van der Waals surface area contributed by atoms with E-state index >= 15 is 0 Å². The molecule has 134 valence electrons. The maximum atomic E-state index is 6.28. The monoisotopic (exact) mass is 402 g/mol. The van der Waals surface area contributed by atoms with E-state index in [1.165, 1.54) is 10.4 Å². The molecule has 1 aliphatic heterocycles. The largest absolute Gasteiger partial charge is 0.497 e. The molecule has 0 spiro atoms. The highest BCUT2D eigenvalue weighted by Crippen LogP contribution is 2.46. The van der Waals surface area contributed by atoms with E-state index in [0.717, 1.165) is 37.9 Å². The Labute approximate surface area is 165 Å². The molecule has 0 aliphatic carbocycles. The Bertz CT molecular complexity index is 1070. The van der Waals surface area contributed by atoms with Crippen LogP contribution in [0.1, 0.15) is 24.3 Å². The number of halogens is 1. The van der Waals surface area contributed by atoms with E-state index in [4.69, 9.17) is 21.3 Å². The van der Waals surface area contributed by atoms with Gasteiger partial charge in [0.15, 0.2) is 0 Å². The van der Waals surface area contributed by atoms with E-state index < -0.39 is 0 Å². The molecule has 3 nitrogen and oxygen atoms in total. The number of fused-ring (bicyclic) bond motifs is 3. The minimum Gasteiger partial charge on any atom is -0.497 e. The summed E-state index contributed by atoms with van der Waals surface area (Å²) in [5.74, 6) is 0.845. The fourth-order valence-electron chi connectivity index (χ4n) is 3.18. The Kier molecular flexibility index (Phi) is 4.34. The molecular weight excluding hydrogens is 384 g/mol. The van der Waals surface area contributed by atoms with Crippen LogP contribution in [0.2, 0.25) is 5.02 Å². The standard InChI is InChI=1S/C20H19ClN2OS2/c1-11-14(21)6-5-7-15(11)22-19-17-13-10-12(24-4)8-9-16(13)23-20(2,3)18(17)25-26-19/h5-10,23H,1-4H3. The molecule has 3 aromatic rings. The van der Waals surface area contributed by atoms with Crippen LogP contribution in [0.25, 0.3) is 11.1 Å². The van der Waals surface area contributed by atoms with Gasteiger partial charge in [0.2, 0.25) is 0 Å². The van der Waals surface area contributed by atoms with E-state index in [2.05, 4.69) is 31.3 Å². The summed E-state index contributed by atoms with van der Waals surface area (Å²) in [4.78, 5) is 6.26. The Morgan fingerprint density at radius 3 is 2.73 bits per heavy atom. The number of methoxy groups -OCH3 is 1. The van der Waals surface area contributed by atoms with Gasteiger partial charge in [-0.15, -0.1) is 0 Å². The fourth-order valence-corrected chi connectivity index (χ4v) is 6.28. The van der Waals surface area contributed by atoms with Crippen LogP contribution in [0.3, 0.4) is 0 Å². The Balaban J connectivity index is 2.00. The molecule has 0 atom stereocenters. The molecule has 1 aliphatic rings. The first-order valence-electron chi connectivity index (χ1n) is 8.31. The molecule has 0 radical (unpaired) electrons. The second-order valence-electron chi connectivity index (χ2n) is 6.83. The van der Waals surface area contributed by atoms with Gasteiger partial charge in [-0.1, -0.05) is 38.3 Å². The summed E-state index contributed by atoms with van der Waals surface area (Å²) in [6, 6.07) is 12.0. The number of benzene rings is 2. The summed E-state index contributed by atoms with van der Waals surface area (Å²) in [6.45, 7) is 6.42. The highest BCUT2D eigenvalue weighted by Gasteiger charge is 2.33. The average molecular weight is 403 g/mol. The SMILES string of the molecule is COc1ccc2c(c1)-c1c(ssc1=Nc1cccc(Cl)c1C)C(C)(C)N2. The molecule has 2 heterocycles. The highest BCUT2D eigenvalue weighted by molar-refractivity contribution is 7.68. The number of rotatable bonds is 2. The van der Waals surface area contributed by atoms with Crippen LogP contribution in [0.15, 0.2) is 41.4 Å². The van der Waals surface area contributed by atoms with Gasteiger partial charge in [-0.3, -0.25) is 0 Å². The van der Waals surface area contributed by atoms with Gasteiger partial charge in [0.05, 0.1) is 23.2 Å². The zero-order valence-electron chi connectivity index (χ0n) is 15.0. The van der Waals surface area contributed by atoms with E-state index in [9.17, 15) is 0 Å². The van der Waals surface area contributed by atoms with Gasteiger partial charge < -0.3 is 10.1 Å². The number of nitrogens with one attached hydrogen (secondary N) is 1. The smallest absolute Gasteiger partial charge is 0.135 e. The van der Waals surface area contributed by atoms with Crippen LogP contribution in [-0.4, -0.2) is 7.11 Å². The van der Waals surface area contributed by atoms with Crippen LogP contribution in [0.4, 0.5) is 11.4 Å². The van der Waals surface area contributed by atoms with Gasteiger partial charge >= 0.3 is 0 Å². The Morgan fingerprint density at radius 1 is 1.15 bits per heavy atom. The Morgan fingerprint density at radius 2 is 1.96 bits per heavy atom. The topological polar surface area (TPSA) is 33.6 Å². The zero-order valence-corrected chi connectivity index (χ0v) is 17.4. The minimum absolute atomic E-state index is 0.144. The van der Waals surface area contributed by atoms with E-state index in [1.807, 2.05) is 31.2 Å². The number of nitrogens with zero attached hydrogens (tertiary/aromatic N) is 1. The summed E-state index contributed by atoms with van der Waals surface area (Å²) in [7, 11) is 5.18. The van der Waals surface area contributed by atoms with Crippen LogP contribution in [0, 0.1) is 6.92 Å².